The van der Waals surface area contributed by atoms with Gasteiger partial charge in [-0.2, -0.15) is 8.78 Å². The molecule has 0 bridgehead atoms. The Bertz CT molecular complexity index is 491. The summed E-state index contributed by atoms with van der Waals surface area (Å²) >= 11 is 0. The van der Waals surface area contributed by atoms with Crippen LogP contribution in [-0.2, 0) is 6.42 Å². The van der Waals surface area contributed by atoms with Gasteiger partial charge < -0.3 is 0 Å². The fourth-order valence-corrected chi connectivity index (χ4v) is 4.13. The molecule has 1 aliphatic carbocycles. The highest BCUT2D eigenvalue weighted by Gasteiger charge is 2.21. The highest BCUT2D eigenvalue weighted by molar-refractivity contribution is 5.26. The Labute approximate surface area is 152 Å². The Morgan fingerprint density at radius 1 is 0.960 bits per heavy atom. The van der Waals surface area contributed by atoms with E-state index in [1.807, 2.05) is 0 Å². The fourth-order valence-electron chi connectivity index (χ4n) is 4.13. The van der Waals surface area contributed by atoms with Crippen molar-refractivity contribution in [3.63, 3.8) is 0 Å². The zero-order chi connectivity index (χ0) is 17.9. The number of hydrogen-bond donors (Lipinski definition) is 0. The van der Waals surface area contributed by atoms with Gasteiger partial charge in [0.25, 0.3) is 6.08 Å². The van der Waals surface area contributed by atoms with Crippen molar-refractivity contribution in [2.75, 3.05) is 0 Å². The SMILES string of the molecule is CCCCCCC[C@H]1CC[C@H](c2ccc(CCC=C(F)F)cc2)CC1. The van der Waals surface area contributed by atoms with Gasteiger partial charge in [-0.05, 0) is 67.6 Å². The summed E-state index contributed by atoms with van der Waals surface area (Å²) in [6.45, 7) is 2.27. The quantitative estimate of drug-likeness (QED) is 0.375. The molecule has 0 heterocycles. The smallest absolute Gasteiger partial charge is 0.174 e. The standard InChI is InChI=1S/C23H34F2/c1-2-3-4-5-6-8-19-11-15-21(16-12-19)22-17-13-20(14-18-22)9-7-10-23(24)25/h10,13-14,17-19,21H,2-9,11-12,15-16H2,1H3/t19-,21-. The second kappa shape index (κ2) is 11.4. The van der Waals surface area contributed by atoms with E-state index in [0.29, 0.717) is 18.8 Å². The van der Waals surface area contributed by atoms with Crippen LogP contribution >= 0.6 is 0 Å². The lowest BCUT2D eigenvalue weighted by Gasteiger charge is -2.29. The second-order valence-electron chi connectivity index (χ2n) is 7.69. The number of rotatable bonds is 10. The van der Waals surface area contributed by atoms with Gasteiger partial charge in [0, 0.05) is 0 Å². The van der Waals surface area contributed by atoms with Crippen LogP contribution < -0.4 is 0 Å². The molecule has 0 aromatic heterocycles. The molecule has 1 aliphatic rings. The summed E-state index contributed by atoms with van der Waals surface area (Å²) in [5.74, 6) is 1.65. The maximum absolute atomic E-state index is 12.1. The molecule has 0 N–H and O–H groups in total. The summed E-state index contributed by atoms with van der Waals surface area (Å²) < 4.78 is 24.1. The fraction of sp³-hybridized carbons (Fsp3) is 0.652. The lowest BCUT2D eigenvalue weighted by Crippen LogP contribution is -2.13. The lowest BCUT2D eigenvalue weighted by molar-refractivity contribution is 0.302. The Balaban J connectivity index is 1.68. The van der Waals surface area contributed by atoms with E-state index in [1.54, 1.807) is 0 Å². The molecule has 25 heavy (non-hydrogen) atoms. The highest BCUT2D eigenvalue weighted by Crippen LogP contribution is 2.37. The van der Waals surface area contributed by atoms with Gasteiger partial charge in [-0.15, -0.1) is 0 Å². The third kappa shape index (κ3) is 7.71. The molecule has 1 saturated carbocycles. The molecular formula is C23H34F2. The first-order valence-electron chi connectivity index (χ1n) is 10.3. The summed E-state index contributed by atoms with van der Waals surface area (Å²) in [6.07, 6.45) is 14.3. The van der Waals surface area contributed by atoms with Crippen molar-refractivity contribution in [2.24, 2.45) is 5.92 Å². The van der Waals surface area contributed by atoms with E-state index in [0.717, 1.165) is 17.6 Å². The van der Waals surface area contributed by atoms with E-state index in [4.69, 9.17) is 0 Å². The van der Waals surface area contributed by atoms with Crippen molar-refractivity contribution in [1.82, 2.24) is 0 Å². The summed E-state index contributed by atoms with van der Waals surface area (Å²) in [5, 5.41) is 0. The van der Waals surface area contributed by atoms with Gasteiger partial charge in [0.2, 0.25) is 0 Å². The Kier molecular flexibility index (Phi) is 9.21. The van der Waals surface area contributed by atoms with Crippen LogP contribution in [0.3, 0.4) is 0 Å². The first-order chi connectivity index (χ1) is 12.2. The first kappa shape index (κ1) is 20.1. The van der Waals surface area contributed by atoms with Crippen LogP contribution in [0.15, 0.2) is 36.4 Å². The van der Waals surface area contributed by atoms with Gasteiger partial charge in [-0.25, -0.2) is 0 Å². The monoisotopic (exact) mass is 348 g/mol. The molecule has 1 aromatic carbocycles. The number of unbranched alkanes of at least 4 members (excludes halogenated alkanes) is 4. The van der Waals surface area contributed by atoms with Crippen molar-refractivity contribution in [3.05, 3.63) is 47.5 Å². The van der Waals surface area contributed by atoms with Crippen LogP contribution in [-0.4, -0.2) is 0 Å². The van der Waals surface area contributed by atoms with Gasteiger partial charge in [0.1, 0.15) is 0 Å². The van der Waals surface area contributed by atoms with Crippen LogP contribution in [0.4, 0.5) is 8.78 Å². The van der Waals surface area contributed by atoms with Crippen molar-refractivity contribution >= 4 is 0 Å². The van der Waals surface area contributed by atoms with E-state index < -0.39 is 6.08 Å². The molecule has 0 aliphatic heterocycles. The summed E-state index contributed by atoms with van der Waals surface area (Å²) in [4.78, 5) is 0. The Morgan fingerprint density at radius 2 is 1.64 bits per heavy atom. The molecule has 0 amide bonds. The second-order valence-corrected chi connectivity index (χ2v) is 7.69. The molecule has 0 nitrogen and oxygen atoms in total. The van der Waals surface area contributed by atoms with Gasteiger partial charge >= 0.3 is 0 Å². The van der Waals surface area contributed by atoms with Crippen LogP contribution in [0.25, 0.3) is 0 Å². The molecule has 2 heteroatoms. The average molecular weight is 349 g/mol. The van der Waals surface area contributed by atoms with E-state index in [9.17, 15) is 8.78 Å². The minimum Gasteiger partial charge on any atom is -0.174 e. The van der Waals surface area contributed by atoms with E-state index >= 15 is 0 Å². The highest BCUT2D eigenvalue weighted by atomic mass is 19.3. The lowest BCUT2D eigenvalue weighted by atomic mass is 9.77. The minimum atomic E-state index is -1.57. The largest absolute Gasteiger partial charge is 0.266 e. The topological polar surface area (TPSA) is 0 Å². The average Bonchev–Trinajstić information content (AvgIpc) is 2.62. The number of benzene rings is 1. The molecule has 1 aromatic rings. The molecule has 2 rings (SSSR count). The zero-order valence-electron chi connectivity index (χ0n) is 15.8. The van der Waals surface area contributed by atoms with Gasteiger partial charge in [0.05, 0.1) is 0 Å². The maximum atomic E-state index is 12.1. The Hall–Kier alpha value is -1.18. The van der Waals surface area contributed by atoms with Crippen molar-refractivity contribution in [3.8, 4) is 0 Å². The summed E-state index contributed by atoms with van der Waals surface area (Å²) in [6, 6.07) is 8.69. The first-order valence-corrected chi connectivity index (χ1v) is 10.3. The Morgan fingerprint density at radius 3 is 2.28 bits per heavy atom. The maximum Gasteiger partial charge on any atom is 0.266 e. The molecule has 0 saturated heterocycles. The van der Waals surface area contributed by atoms with Crippen LogP contribution in [0.1, 0.15) is 94.6 Å². The zero-order valence-corrected chi connectivity index (χ0v) is 15.8. The van der Waals surface area contributed by atoms with E-state index in [-0.39, 0.29) is 0 Å². The normalized spacial score (nSPS) is 20.4. The molecule has 0 atom stereocenters. The van der Waals surface area contributed by atoms with Gasteiger partial charge in [-0.1, -0.05) is 69.7 Å². The van der Waals surface area contributed by atoms with Crippen LogP contribution in [0.2, 0.25) is 0 Å². The molecule has 0 spiro atoms. The van der Waals surface area contributed by atoms with Crippen LogP contribution in [0.5, 0.6) is 0 Å². The number of allylic oxidation sites excluding steroid dienone is 1. The predicted molar refractivity (Wildman–Crippen MR) is 103 cm³/mol. The summed E-state index contributed by atoms with van der Waals surface area (Å²) in [7, 11) is 0. The van der Waals surface area contributed by atoms with E-state index in [2.05, 4.69) is 31.2 Å². The predicted octanol–water partition coefficient (Wildman–Crippen LogP) is 8.03. The van der Waals surface area contributed by atoms with E-state index in [1.165, 1.54) is 69.8 Å². The molecular weight excluding hydrogens is 314 g/mol. The summed E-state index contributed by atoms with van der Waals surface area (Å²) in [5.41, 5.74) is 2.60. The number of aryl methyl sites for hydroxylation is 1. The van der Waals surface area contributed by atoms with Crippen molar-refractivity contribution < 1.29 is 8.78 Å². The molecule has 0 radical (unpaired) electrons. The van der Waals surface area contributed by atoms with Crippen molar-refractivity contribution in [2.45, 2.75) is 89.9 Å². The molecule has 0 unspecified atom stereocenters. The third-order valence-corrected chi connectivity index (χ3v) is 5.75. The molecule has 140 valence electrons. The number of halogens is 2. The third-order valence-electron chi connectivity index (χ3n) is 5.75. The minimum absolute atomic E-state index is 0.422. The van der Waals surface area contributed by atoms with Gasteiger partial charge in [-0.3, -0.25) is 0 Å². The van der Waals surface area contributed by atoms with Crippen molar-refractivity contribution in [1.29, 1.82) is 0 Å². The number of hydrogen-bond acceptors (Lipinski definition) is 0. The van der Waals surface area contributed by atoms with Crippen LogP contribution in [0, 0.1) is 5.92 Å². The van der Waals surface area contributed by atoms with Gasteiger partial charge in [0.15, 0.2) is 0 Å². The molecule has 1 fully saturated rings.